The molecule has 1 saturated heterocycles. The van der Waals surface area contributed by atoms with Gasteiger partial charge in [-0.3, -0.25) is 4.79 Å². The second kappa shape index (κ2) is 8.82. The Kier molecular flexibility index (Phi) is 5.94. The van der Waals surface area contributed by atoms with Gasteiger partial charge in [0.25, 0.3) is 5.91 Å². The van der Waals surface area contributed by atoms with E-state index < -0.39 is 5.95 Å². The van der Waals surface area contributed by atoms with Gasteiger partial charge in [0.15, 0.2) is 5.76 Å². The van der Waals surface area contributed by atoms with E-state index in [1.807, 2.05) is 49.7 Å². The number of benzene rings is 1. The van der Waals surface area contributed by atoms with E-state index in [4.69, 9.17) is 9.47 Å². The number of morpholine rings is 1. The minimum absolute atomic E-state index is 0.190. The fraction of sp³-hybridized carbons (Fsp3) is 0.292. The number of pyridine rings is 1. The molecule has 3 heterocycles. The fourth-order valence-corrected chi connectivity index (χ4v) is 3.75. The van der Waals surface area contributed by atoms with Crippen LogP contribution in [0.3, 0.4) is 0 Å². The molecule has 4 rings (SSSR count). The summed E-state index contributed by atoms with van der Waals surface area (Å²) in [5.41, 5.74) is 3.28. The predicted molar refractivity (Wildman–Crippen MR) is 118 cm³/mol. The summed E-state index contributed by atoms with van der Waals surface area (Å²) < 4.78 is 26.5. The molecule has 166 valence electrons. The van der Waals surface area contributed by atoms with Crippen molar-refractivity contribution in [2.24, 2.45) is 0 Å². The average molecular weight is 436 g/mol. The first kappa shape index (κ1) is 21.5. The lowest BCUT2D eigenvalue weighted by Gasteiger charge is -2.37. The van der Waals surface area contributed by atoms with Crippen LogP contribution in [0, 0.1) is 12.9 Å². The summed E-state index contributed by atoms with van der Waals surface area (Å²) >= 11 is 0. The van der Waals surface area contributed by atoms with Crippen LogP contribution in [-0.4, -0.2) is 45.1 Å². The van der Waals surface area contributed by atoms with Gasteiger partial charge in [-0.2, -0.15) is 4.39 Å². The SMILES string of the molecule is COc1cc(/C=C2\O[C@@H](C)CN([C@H](C)c3ccc(F)nc3)C2=O)ccc1-n1cnc(C)c1. The number of carbonyl (C=O) groups excluding carboxylic acids is 1. The Balaban J connectivity index is 1.62. The van der Waals surface area contributed by atoms with Gasteiger partial charge in [-0.1, -0.05) is 12.1 Å². The second-order valence-electron chi connectivity index (χ2n) is 7.84. The minimum Gasteiger partial charge on any atom is -0.495 e. The molecular formula is C24H25FN4O3. The lowest BCUT2D eigenvalue weighted by molar-refractivity contribution is -0.141. The number of hydrogen-bond donors (Lipinski definition) is 0. The largest absolute Gasteiger partial charge is 0.495 e. The number of rotatable bonds is 5. The van der Waals surface area contributed by atoms with Crippen LogP contribution in [0.1, 0.15) is 36.7 Å². The fourth-order valence-electron chi connectivity index (χ4n) is 3.75. The van der Waals surface area contributed by atoms with Crippen molar-refractivity contribution in [3.8, 4) is 11.4 Å². The monoisotopic (exact) mass is 436 g/mol. The van der Waals surface area contributed by atoms with Crippen molar-refractivity contribution in [3.05, 3.63) is 77.6 Å². The van der Waals surface area contributed by atoms with E-state index in [-0.39, 0.29) is 23.8 Å². The van der Waals surface area contributed by atoms with Crippen molar-refractivity contribution < 1.29 is 18.7 Å². The van der Waals surface area contributed by atoms with Gasteiger partial charge in [0, 0.05) is 12.4 Å². The lowest BCUT2D eigenvalue weighted by atomic mass is 10.1. The van der Waals surface area contributed by atoms with Crippen molar-refractivity contribution in [3.63, 3.8) is 0 Å². The smallest absolute Gasteiger partial charge is 0.289 e. The summed E-state index contributed by atoms with van der Waals surface area (Å²) in [6, 6.07) is 8.33. The summed E-state index contributed by atoms with van der Waals surface area (Å²) in [6.07, 6.45) is 6.62. The highest BCUT2D eigenvalue weighted by Gasteiger charge is 2.33. The van der Waals surface area contributed by atoms with Gasteiger partial charge in [-0.25, -0.2) is 9.97 Å². The van der Waals surface area contributed by atoms with Gasteiger partial charge in [0.2, 0.25) is 5.95 Å². The van der Waals surface area contributed by atoms with Crippen molar-refractivity contribution in [2.75, 3.05) is 13.7 Å². The molecule has 3 aromatic rings. The molecule has 0 aliphatic carbocycles. The summed E-state index contributed by atoms with van der Waals surface area (Å²) in [6.45, 7) is 6.15. The Morgan fingerprint density at radius 1 is 1.28 bits per heavy atom. The number of imidazole rings is 1. The van der Waals surface area contributed by atoms with Crippen molar-refractivity contribution >= 4 is 12.0 Å². The van der Waals surface area contributed by atoms with Crippen LogP contribution in [0.5, 0.6) is 5.75 Å². The predicted octanol–water partition coefficient (Wildman–Crippen LogP) is 4.07. The zero-order valence-electron chi connectivity index (χ0n) is 18.4. The minimum atomic E-state index is -0.550. The van der Waals surface area contributed by atoms with Gasteiger partial charge >= 0.3 is 0 Å². The molecule has 0 saturated carbocycles. The van der Waals surface area contributed by atoms with E-state index in [9.17, 15) is 9.18 Å². The zero-order valence-corrected chi connectivity index (χ0v) is 18.4. The van der Waals surface area contributed by atoms with Crippen LogP contribution in [0.25, 0.3) is 11.8 Å². The molecule has 7 nitrogen and oxygen atoms in total. The van der Waals surface area contributed by atoms with Gasteiger partial charge in [0.05, 0.1) is 37.4 Å². The molecule has 1 aromatic carbocycles. The topological polar surface area (TPSA) is 69.5 Å². The highest BCUT2D eigenvalue weighted by Crippen LogP contribution is 2.30. The maximum atomic E-state index is 13.2. The summed E-state index contributed by atoms with van der Waals surface area (Å²) in [5.74, 6) is 0.120. The quantitative estimate of drug-likeness (QED) is 0.445. The zero-order chi connectivity index (χ0) is 22.8. The van der Waals surface area contributed by atoms with E-state index in [1.165, 1.54) is 12.3 Å². The van der Waals surface area contributed by atoms with E-state index in [0.29, 0.717) is 12.3 Å². The molecule has 1 aliphatic rings. The maximum absolute atomic E-state index is 13.2. The molecule has 0 spiro atoms. The Morgan fingerprint density at radius 3 is 2.75 bits per heavy atom. The third kappa shape index (κ3) is 4.34. The molecule has 2 atom stereocenters. The first-order valence-electron chi connectivity index (χ1n) is 10.4. The molecular weight excluding hydrogens is 411 g/mol. The Labute approximate surface area is 186 Å². The number of methoxy groups -OCH3 is 1. The first-order chi connectivity index (χ1) is 15.4. The molecule has 1 amide bonds. The molecule has 1 aliphatic heterocycles. The maximum Gasteiger partial charge on any atom is 0.289 e. The van der Waals surface area contributed by atoms with Crippen molar-refractivity contribution in [1.29, 1.82) is 0 Å². The van der Waals surface area contributed by atoms with E-state index in [1.54, 1.807) is 30.5 Å². The molecule has 8 heteroatoms. The number of hydrogen-bond acceptors (Lipinski definition) is 5. The normalized spacial score (nSPS) is 18.5. The molecule has 0 radical (unpaired) electrons. The number of halogens is 1. The van der Waals surface area contributed by atoms with Crippen LogP contribution < -0.4 is 4.74 Å². The first-order valence-corrected chi connectivity index (χ1v) is 10.4. The number of carbonyl (C=O) groups is 1. The van der Waals surface area contributed by atoms with Gasteiger partial charge in [0.1, 0.15) is 11.9 Å². The lowest BCUT2D eigenvalue weighted by Crippen LogP contribution is -2.45. The van der Waals surface area contributed by atoms with Crippen molar-refractivity contribution in [1.82, 2.24) is 19.4 Å². The van der Waals surface area contributed by atoms with Crippen LogP contribution in [0.4, 0.5) is 4.39 Å². The molecule has 0 unspecified atom stereocenters. The molecule has 32 heavy (non-hydrogen) atoms. The second-order valence-corrected chi connectivity index (χ2v) is 7.84. The van der Waals surface area contributed by atoms with Crippen LogP contribution in [0.15, 0.2) is 54.8 Å². The summed E-state index contributed by atoms with van der Waals surface area (Å²) in [4.78, 5) is 22.9. The van der Waals surface area contributed by atoms with E-state index in [2.05, 4.69) is 9.97 Å². The number of ether oxygens (including phenoxy) is 2. The van der Waals surface area contributed by atoms with Gasteiger partial charge in [-0.15, -0.1) is 0 Å². The number of nitrogens with zero attached hydrogens (tertiary/aromatic N) is 4. The summed E-state index contributed by atoms with van der Waals surface area (Å²) in [7, 11) is 1.60. The van der Waals surface area contributed by atoms with E-state index >= 15 is 0 Å². The van der Waals surface area contributed by atoms with Crippen molar-refractivity contribution in [2.45, 2.75) is 32.9 Å². The highest BCUT2D eigenvalue weighted by atomic mass is 19.1. The summed E-state index contributed by atoms with van der Waals surface area (Å²) in [5, 5.41) is 0. The van der Waals surface area contributed by atoms with Gasteiger partial charge in [-0.05, 0) is 56.2 Å². The Hall–Kier alpha value is -3.68. The third-order valence-electron chi connectivity index (χ3n) is 5.45. The average Bonchev–Trinajstić information content (AvgIpc) is 3.22. The molecule has 1 fully saturated rings. The standard InChI is InChI=1S/C24H25FN4O3/c1-15-12-28(14-27-15)20-7-5-18(9-21(20)31-4)10-22-24(30)29(13-16(2)32-22)17(3)19-6-8-23(25)26-11-19/h5-12,14,16-17H,13H2,1-4H3/b22-10-/t16-,17+/m0/s1. The molecule has 0 bridgehead atoms. The third-order valence-corrected chi connectivity index (χ3v) is 5.45. The highest BCUT2D eigenvalue weighted by molar-refractivity contribution is 5.96. The van der Waals surface area contributed by atoms with Crippen LogP contribution in [-0.2, 0) is 9.53 Å². The Bertz CT molecular complexity index is 1160. The number of amides is 1. The van der Waals surface area contributed by atoms with E-state index in [0.717, 1.165) is 22.5 Å². The van der Waals surface area contributed by atoms with Crippen LogP contribution in [0.2, 0.25) is 0 Å². The molecule has 2 aromatic heterocycles. The van der Waals surface area contributed by atoms with Crippen LogP contribution >= 0.6 is 0 Å². The molecule has 0 N–H and O–H groups in total. The number of aryl methyl sites for hydroxylation is 1. The van der Waals surface area contributed by atoms with Gasteiger partial charge < -0.3 is 18.9 Å². The number of aromatic nitrogens is 3. The Morgan fingerprint density at radius 2 is 2.09 bits per heavy atom.